The normalized spacial score (nSPS) is 33.8. The van der Waals surface area contributed by atoms with E-state index >= 15 is 0 Å². The zero-order valence-electron chi connectivity index (χ0n) is 14.4. The van der Waals surface area contributed by atoms with Crippen LogP contribution in [0.25, 0.3) is 0 Å². The molecule has 0 aliphatic carbocycles. The monoisotopic (exact) mass is 341 g/mol. The van der Waals surface area contributed by atoms with Crippen LogP contribution in [0.5, 0.6) is 0 Å². The topological polar surface area (TPSA) is 64.4 Å². The lowest BCUT2D eigenvalue weighted by atomic mass is 10.0. The lowest BCUT2D eigenvalue weighted by molar-refractivity contribution is -0.0949. The Hall–Kier alpha value is -0.920. The van der Waals surface area contributed by atoms with Gasteiger partial charge in [-0.05, 0) is 34.1 Å². The first kappa shape index (κ1) is 16.9. The molecular formula is C16H27N3O3S. The van der Waals surface area contributed by atoms with E-state index in [1.54, 1.807) is 0 Å². The average molecular weight is 341 g/mol. The second kappa shape index (κ2) is 5.57. The molecule has 1 aromatic heterocycles. The number of rotatable bonds is 3. The van der Waals surface area contributed by atoms with Crippen molar-refractivity contribution in [1.29, 1.82) is 0 Å². The third-order valence-corrected chi connectivity index (χ3v) is 6.99. The lowest BCUT2D eigenvalue weighted by Crippen LogP contribution is -2.54. The van der Waals surface area contributed by atoms with E-state index in [1.165, 1.54) is 0 Å². The Morgan fingerprint density at radius 3 is 2.78 bits per heavy atom. The molecule has 1 aromatic rings. The zero-order chi connectivity index (χ0) is 16.9. The Morgan fingerprint density at radius 1 is 1.39 bits per heavy atom. The van der Waals surface area contributed by atoms with Crippen LogP contribution in [0.2, 0.25) is 0 Å². The van der Waals surface area contributed by atoms with E-state index in [0.717, 1.165) is 25.3 Å². The number of hydrogen-bond acceptors (Lipinski definition) is 5. The van der Waals surface area contributed by atoms with Gasteiger partial charge in [-0.2, -0.15) is 5.10 Å². The van der Waals surface area contributed by atoms with Crippen LogP contribution in [-0.2, 0) is 26.7 Å². The fourth-order valence-electron chi connectivity index (χ4n) is 3.46. The van der Waals surface area contributed by atoms with Gasteiger partial charge in [0.25, 0.3) is 0 Å². The molecule has 0 spiro atoms. The minimum atomic E-state index is -2.93. The van der Waals surface area contributed by atoms with Crippen molar-refractivity contribution in [3.63, 3.8) is 0 Å². The molecule has 2 aliphatic rings. The van der Waals surface area contributed by atoms with Crippen molar-refractivity contribution in [2.75, 3.05) is 24.7 Å². The largest absolute Gasteiger partial charge is 0.375 e. The summed E-state index contributed by atoms with van der Waals surface area (Å²) in [6, 6.07) is 0. The second-order valence-corrected chi connectivity index (χ2v) is 10.1. The highest BCUT2D eigenvalue weighted by molar-refractivity contribution is 7.91. The Balaban J connectivity index is 1.75. The van der Waals surface area contributed by atoms with Crippen LogP contribution in [0.3, 0.4) is 0 Å². The van der Waals surface area contributed by atoms with Crippen LogP contribution in [0, 0.1) is 0 Å². The molecule has 0 bridgehead atoms. The van der Waals surface area contributed by atoms with Gasteiger partial charge in [0, 0.05) is 30.4 Å². The maximum absolute atomic E-state index is 11.8. The highest BCUT2D eigenvalue weighted by Gasteiger charge is 2.41. The van der Waals surface area contributed by atoms with Crippen LogP contribution < -0.4 is 0 Å². The van der Waals surface area contributed by atoms with Crippen LogP contribution >= 0.6 is 0 Å². The van der Waals surface area contributed by atoms with E-state index in [1.807, 2.05) is 24.0 Å². The number of morpholine rings is 1. The van der Waals surface area contributed by atoms with E-state index in [-0.39, 0.29) is 23.1 Å². The fraction of sp³-hybridized carbons (Fsp3) is 0.812. The molecule has 2 aliphatic heterocycles. The molecule has 23 heavy (non-hydrogen) atoms. The molecule has 7 heteroatoms. The maximum Gasteiger partial charge on any atom is 0.152 e. The summed E-state index contributed by atoms with van der Waals surface area (Å²) in [6.45, 7) is 10.9. The van der Waals surface area contributed by atoms with Gasteiger partial charge in [0.2, 0.25) is 0 Å². The van der Waals surface area contributed by atoms with Gasteiger partial charge >= 0.3 is 0 Å². The highest BCUT2D eigenvalue weighted by Crippen LogP contribution is 2.31. The molecule has 2 fully saturated rings. The lowest BCUT2D eigenvalue weighted by Gasteiger charge is -2.44. The fourth-order valence-corrected chi connectivity index (χ4v) is 5.58. The minimum Gasteiger partial charge on any atom is -0.375 e. The Labute approximate surface area is 138 Å². The third kappa shape index (κ3) is 3.46. The Morgan fingerprint density at radius 2 is 2.13 bits per heavy atom. The summed E-state index contributed by atoms with van der Waals surface area (Å²) >= 11 is 0. The van der Waals surface area contributed by atoms with Crippen molar-refractivity contribution in [2.24, 2.45) is 0 Å². The summed E-state index contributed by atoms with van der Waals surface area (Å²) in [6.07, 6.45) is 4.75. The van der Waals surface area contributed by atoms with E-state index in [4.69, 9.17) is 4.74 Å². The number of nitrogens with zero attached hydrogens (tertiary/aromatic N) is 3. The molecule has 3 rings (SSSR count). The molecule has 0 saturated carbocycles. The Kier molecular flexibility index (Phi) is 4.09. The number of sulfone groups is 1. The van der Waals surface area contributed by atoms with Crippen molar-refractivity contribution in [3.8, 4) is 0 Å². The molecule has 0 aromatic carbocycles. The van der Waals surface area contributed by atoms with Gasteiger partial charge in [-0.1, -0.05) is 0 Å². The predicted molar refractivity (Wildman–Crippen MR) is 89.0 cm³/mol. The van der Waals surface area contributed by atoms with Crippen molar-refractivity contribution >= 4 is 9.84 Å². The molecule has 3 heterocycles. The summed E-state index contributed by atoms with van der Waals surface area (Å²) in [5.41, 5.74) is 0.706. The SMILES string of the molecule is CC1CN(Cc2cnn(C3(C)CCS(=O)(=O)C3)c2)C(C)(C)CO1. The molecule has 2 unspecified atom stereocenters. The molecule has 0 N–H and O–H groups in total. The molecule has 2 saturated heterocycles. The van der Waals surface area contributed by atoms with Crippen molar-refractivity contribution < 1.29 is 13.2 Å². The van der Waals surface area contributed by atoms with Crippen LogP contribution in [0.1, 0.15) is 39.7 Å². The van der Waals surface area contributed by atoms with E-state index < -0.39 is 15.4 Å². The van der Waals surface area contributed by atoms with Crippen molar-refractivity contribution in [3.05, 3.63) is 18.0 Å². The van der Waals surface area contributed by atoms with Gasteiger partial charge in [-0.3, -0.25) is 9.58 Å². The van der Waals surface area contributed by atoms with Gasteiger partial charge in [0.05, 0.1) is 36.0 Å². The van der Waals surface area contributed by atoms with Crippen molar-refractivity contribution in [2.45, 2.75) is 57.8 Å². The first-order chi connectivity index (χ1) is 10.6. The van der Waals surface area contributed by atoms with Crippen LogP contribution in [0.15, 0.2) is 12.4 Å². The molecule has 6 nitrogen and oxygen atoms in total. The van der Waals surface area contributed by atoms with Crippen LogP contribution in [-0.4, -0.2) is 59.4 Å². The smallest absolute Gasteiger partial charge is 0.152 e. The van der Waals surface area contributed by atoms with Crippen molar-refractivity contribution in [1.82, 2.24) is 14.7 Å². The van der Waals surface area contributed by atoms with Gasteiger partial charge in [0.15, 0.2) is 9.84 Å². The summed E-state index contributed by atoms with van der Waals surface area (Å²) < 4.78 is 31.2. The van der Waals surface area contributed by atoms with E-state index in [2.05, 4.69) is 30.8 Å². The summed E-state index contributed by atoms with van der Waals surface area (Å²) in [7, 11) is -2.93. The zero-order valence-corrected chi connectivity index (χ0v) is 15.3. The quantitative estimate of drug-likeness (QED) is 0.832. The summed E-state index contributed by atoms with van der Waals surface area (Å²) in [5, 5.41) is 4.46. The van der Waals surface area contributed by atoms with Gasteiger partial charge in [0.1, 0.15) is 0 Å². The summed E-state index contributed by atoms with van der Waals surface area (Å²) in [5.74, 6) is 0.438. The second-order valence-electron chi connectivity index (χ2n) is 7.95. The first-order valence-corrected chi connectivity index (χ1v) is 10.0. The molecular weight excluding hydrogens is 314 g/mol. The molecule has 2 atom stereocenters. The standard InChI is InChI=1S/C16H27N3O3S/c1-13-8-18(15(2,3)11-22-13)9-14-7-17-19(10-14)16(4)5-6-23(20,21)12-16/h7,10,13H,5-6,8-9,11-12H2,1-4H3. The molecule has 0 radical (unpaired) electrons. The Bertz CT molecular complexity index is 682. The predicted octanol–water partition coefficient (Wildman–Crippen LogP) is 1.42. The van der Waals surface area contributed by atoms with E-state index in [9.17, 15) is 8.42 Å². The maximum atomic E-state index is 11.8. The van der Waals surface area contributed by atoms with Gasteiger partial charge < -0.3 is 4.74 Å². The number of ether oxygens (including phenoxy) is 1. The van der Waals surface area contributed by atoms with Crippen LogP contribution in [0.4, 0.5) is 0 Å². The van der Waals surface area contributed by atoms with Gasteiger partial charge in [-0.25, -0.2) is 8.42 Å². The molecule has 0 amide bonds. The van der Waals surface area contributed by atoms with Gasteiger partial charge in [-0.15, -0.1) is 0 Å². The van der Waals surface area contributed by atoms with E-state index in [0.29, 0.717) is 6.42 Å². The number of aromatic nitrogens is 2. The summed E-state index contributed by atoms with van der Waals surface area (Å²) in [4.78, 5) is 2.41. The highest BCUT2D eigenvalue weighted by atomic mass is 32.2. The molecule has 130 valence electrons. The first-order valence-electron chi connectivity index (χ1n) is 8.21. The minimum absolute atomic E-state index is 0.00475. The number of hydrogen-bond donors (Lipinski definition) is 0. The average Bonchev–Trinajstić information content (AvgIpc) is 3.00. The third-order valence-electron chi connectivity index (χ3n) is 5.10.